The first kappa shape index (κ1) is 26.9. The smallest absolute Gasteiger partial charge is 0.263 e. The number of aryl methyl sites for hydroxylation is 1. The molecule has 4 rings (SSSR count). The fourth-order valence-electron chi connectivity index (χ4n) is 4.72. The number of amides is 2. The normalized spacial score (nSPS) is 15.8. The van der Waals surface area contributed by atoms with Crippen LogP contribution >= 0.6 is 0 Å². The average molecular weight is 522 g/mol. The zero-order valence-corrected chi connectivity index (χ0v) is 22.3. The fraction of sp³-hybridized carbons (Fsp3) is 0.321. The Hall–Kier alpha value is -4.18. The van der Waals surface area contributed by atoms with Crippen LogP contribution in [0, 0.1) is 19.7 Å². The topological polar surface area (TPSA) is 107 Å². The minimum absolute atomic E-state index is 0.102. The van der Waals surface area contributed by atoms with Gasteiger partial charge in [-0.3, -0.25) is 28.8 Å². The minimum Gasteiger partial charge on any atom is -0.356 e. The van der Waals surface area contributed by atoms with E-state index in [1.54, 1.807) is 50.2 Å². The lowest BCUT2D eigenvalue weighted by Gasteiger charge is -2.46. The average Bonchev–Trinajstić information content (AvgIpc) is 2.86. The molecule has 2 heterocycles. The Balaban J connectivity index is 2.02. The fourth-order valence-corrected chi connectivity index (χ4v) is 4.72. The number of aliphatic hydroxyl groups excluding tert-OH is 1. The first-order valence-electron chi connectivity index (χ1n) is 12.4. The summed E-state index contributed by atoms with van der Waals surface area (Å²) in [5.41, 5.74) is 1.91. The van der Waals surface area contributed by atoms with Gasteiger partial charge < -0.3 is 15.7 Å². The van der Waals surface area contributed by atoms with Crippen molar-refractivity contribution in [2.24, 2.45) is 7.05 Å². The lowest BCUT2D eigenvalue weighted by Crippen LogP contribution is -2.57. The molecule has 1 aromatic heterocycles. The van der Waals surface area contributed by atoms with Gasteiger partial charge in [-0.05, 0) is 63.1 Å². The number of anilines is 5. The van der Waals surface area contributed by atoms with Crippen LogP contribution in [0.3, 0.4) is 0 Å². The molecule has 0 aliphatic carbocycles. The molecule has 2 amide bonds. The third-order valence-corrected chi connectivity index (χ3v) is 6.85. The van der Waals surface area contributed by atoms with Gasteiger partial charge in [0, 0.05) is 37.0 Å². The quantitative estimate of drug-likeness (QED) is 0.441. The van der Waals surface area contributed by atoms with Gasteiger partial charge in [-0.1, -0.05) is 19.1 Å². The molecule has 0 spiro atoms. The van der Waals surface area contributed by atoms with E-state index in [0.717, 1.165) is 5.56 Å². The summed E-state index contributed by atoms with van der Waals surface area (Å²) in [4.78, 5) is 41.9. The Labute approximate surface area is 220 Å². The number of nitrogens with one attached hydrogen (secondary N) is 2. The van der Waals surface area contributed by atoms with Crippen molar-refractivity contribution in [1.82, 2.24) is 9.47 Å². The number of aromatic nitrogens is 1. The van der Waals surface area contributed by atoms with Gasteiger partial charge in [0.15, 0.2) is 0 Å². The van der Waals surface area contributed by atoms with Crippen LogP contribution in [-0.2, 0) is 11.8 Å². The van der Waals surface area contributed by atoms with E-state index in [2.05, 4.69) is 10.6 Å². The van der Waals surface area contributed by atoms with Crippen molar-refractivity contribution < 1.29 is 19.1 Å². The highest BCUT2D eigenvalue weighted by molar-refractivity contribution is 6.08. The van der Waals surface area contributed by atoms with E-state index in [1.807, 2.05) is 13.8 Å². The van der Waals surface area contributed by atoms with Gasteiger partial charge in [0.05, 0.1) is 11.4 Å². The Kier molecular flexibility index (Phi) is 7.28. The summed E-state index contributed by atoms with van der Waals surface area (Å²) in [6.45, 7) is 8.45. The number of aliphatic hydroxyl groups is 1. The first-order chi connectivity index (χ1) is 18.0. The van der Waals surface area contributed by atoms with Crippen molar-refractivity contribution in [3.63, 3.8) is 0 Å². The SMILES string of the molecule is CCC(C)N1C(=O)c2c(c(C)c(=O)n(C)c2Nc2ccc(C)cc2F)N(c2cccc(NC(C)=O)c2)C1O. The third kappa shape index (κ3) is 4.63. The molecule has 1 aliphatic heterocycles. The molecule has 0 saturated carbocycles. The van der Waals surface area contributed by atoms with Crippen molar-refractivity contribution in [2.75, 3.05) is 15.5 Å². The van der Waals surface area contributed by atoms with Gasteiger partial charge in [0.2, 0.25) is 12.3 Å². The van der Waals surface area contributed by atoms with Gasteiger partial charge in [-0.15, -0.1) is 0 Å². The van der Waals surface area contributed by atoms with Gasteiger partial charge in [0.1, 0.15) is 17.2 Å². The molecule has 9 nitrogen and oxygen atoms in total. The second-order valence-electron chi connectivity index (χ2n) is 9.59. The van der Waals surface area contributed by atoms with Crippen LogP contribution in [0.5, 0.6) is 0 Å². The van der Waals surface area contributed by atoms with E-state index in [0.29, 0.717) is 17.8 Å². The number of halogens is 1. The molecule has 3 aromatic rings. The van der Waals surface area contributed by atoms with Crippen LogP contribution in [0.2, 0.25) is 0 Å². The van der Waals surface area contributed by atoms with Crippen molar-refractivity contribution in [3.8, 4) is 0 Å². The Morgan fingerprint density at radius 2 is 1.87 bits per heavy atom. The maximum atomic E-state index is 14.9. The zero-order valence-electron chi connectivity index (χ0n) is 22.3. The van der Waals surface area contributed by atoms with Gasteiger partial charge >= 0.3 is 0 Å². The highest BCUT2D eigenvalue weighted by Crippen LogP contribution is 2.42. The summed E-state index contributed by atoms with van der Waals surface area (Å²) in [5, 5.41) is 17.3. The van der Waals surface area contributed by atoms with Crippen molar-refractivity contribution in [1.29, 1.82) is 0 Å². The van der Waals surface area contributed by atoms with Crippen LogP contribution in [0.4, 0.5) is 33.0 Å². The molecule has 1 aliphatic rings. The number of hydrogen-bond donors (Lipinski definition) is 3. The molecule has 2 aromatic carbocycles. The number of benzene rings is 2. The van der Waals surface area contributed by atoms with Crippen molar-refractivity contribution in [3.05, 3.63) is 75.3 Å². The number of carbonyl (C=O) groups is 2. The number of fused-ring (bicyclic) bond motifs is 1. The third-order valence-electron chi connectivity index (χ3n) is 6.85. The molecule has 200 valence electrons. The van der Waals surface area contributed by atoms with Gasteiger partial charge in [-0.25, -0.2) is 4.39 Å². The van der Waals surface area contributed by atoms with E-state index in [1.165, 1.54) is 34.4 Å². The molecular formula is C28H32FN5O4. The molecule has 2 atom stereocenters. The summed E-state index contributed by atoms with van der Waals surface area (Å²) in [6.07, 6.45) is -0.884. The minimum atomic E-state index is -1.44. The van der Waals surface area contributed by atoms with Crippen LogP contribution in [0.25, 0.3) is 0 Å². The number of rotatable bonds is 6. The monoisotopic (exact) mass is 521 g/mol. The predicted octanol–water partition coefficient (Wildman–Crippen LogP) is 4.51. The summed E-state index contributed by atoms with van der Waals surface area (Å²) < 4.78 is 16.1. The zero-order chi connectivity index (χ0) is 27.9. The summed E-state index contributed by atoms with van der Waals surface area (Å²) >= 11 is 0. The molecule has 2 unspecified atom stereocenters. The molecule has 3 N–H and O–H groups in total. The van der Waals surface area contributed by atoms with Crippen LogP contribution < -0.4 is 21.1 Å². The molecule has 0 bridgehead atoms. The number of nitrogens with zero attached hydrogens (tertiary/aromatic N) is 3. The Morgan fingerprint density at radius 1 is 1.16 bits per heavy atom. The van der Waals surface area contributed by atoms with Gasteiger partial charge in [-0.2, -0.15) is 0 Å². The largest absolute Gasteiger partial charge is 0.356 e. The second kappa shape index (κ2) is 10.3. The standard InChI is InChI=1S/C28H32FN5O4/c1-7-16(3)33-27(37)23-24(34(28(33)38)20-10-8-9-19(14-20)30-18(5)35)17(4)26(36)32(6)25(23)31-22-12-11-15(2)13-21(22)29/h8-14,16,28,31,38H,7H2,1-6H3,(H,30,35). The highest BCUT2D eigenvalue weighted by Gasteiger charge is 2.43. The maximum Gasteiger partial charge on any atom is 0.263 e. The van der Waals surface area contributed by atoms with Crippen molar-refractivity contribution in [2.45, 2.75) is 53.4 Å². The van der Waals surface area contributed by atoms with E-state index in [4.69, 9.17) is 0 Å². The van der Waals surface area contributed by atoms with E-state index < -0.39 is 23.6 Å². The van der Waals surface area contributed by atoms with Gasteiger partial charge in [0.25, 0.3) is 11.5 Å². The molecule has 10 heteroatoms. The number of pyridine rings is 1. The van der Waals surface area contributed by atoms with Crippen LogP contribution in [0.15, 0.2) is 47.3 Å². The predicted molar refractivity (Wildman–Crippen MR) is 146 cm³/mol. The summed E-state index contributed by atoms with van der Waals surface area (Å²) in [7, 11) is 1.51. The molecule has 38 heavy (non-hydrogen) atoms. The van der Waals surface area contributed by atoms with E-state index in [-0.39, 0.29) is 40.3 Å². The lowest BCUT2D eigenvalue weighted by atomic mass is 10.0. The number of carbonyl (C=O) groups excluding carboxylic acids is 2. The Morgan fingerprint density at radius 3 is 2.50 bits per heavy atom. The van der Waals surface area contributed by atoms with E-state index in [9.17, 15) is 23.9 Å². The molecule has 0 saturated heterocycles. The van der Waals surface area contributed by atoms with E-state index >= 15 is 0 Å². The lowest BCUT2D eigenvalue weighted by molar-refractivity contribution is -0.114. The van der Waals surface area contributed by atoms with Crippen LogP contribution in [-0.4, -0.2) is 38.8 Å². The molecular weight excluding hydrogens is 489 g/mol. The summed E-state index contributed by atoms with van der Waals surface area (Å²) in [6, 6.07) is 11.0. The maximum absolute atomic E-state index is 14.9. The number of hydrogen-bond acceptors (Lipinski definition) is 6. The van der Waals surface area contributed by atoms with Crippen LogP contribution in [0.1, 0.15) is 48.7 Å². The highest BCUT2D eigenvalue weighted by atomic mass is 19.1. The van der Waals surface area contributed by atoms with Crippen molar-refractivity contribution >= 4 is 40.4 Å². The summed E-state index contributed by atoms with van der Waals surface area (Å²) in [5.74, 6) is -1.19. The first-order valence-corrected chi connectivity index (χ1v) is 12.4. The molecule has 0 fully saturated rings. The molecule has 0 radical (unpaired) electrons. The Bertz CT molecular complexity index is 1480. The second-order valence-corrected chi connectivity index (χ2v) is 9.59.